The van der Waals surface area contributed by atoms with Crippen molar-refractivity contribution in [2.45, 2.75) is 38.5 Å². The molecule has 23 heavy (non-hydrogen) atoms. The molecule has 0 unspecified atom stereocenters. The van der Waals surface area contributed by atoms with Crippen LogP contribution in [-0.4, -0.2) is 24.9 Å². The second-order valence-electron chi connectivity index (χ2n) is 5.72. The molecule has 5 heteroatoms. The smallest absolute Gasteiger partial charge is 0.251 e. The predicted octanol–water partition coefficient (Wildman–Crippen LogP) is 3.58. The molecule has 0 aromatic heterocycles. The Morgan fingerprint density at radius 2 is 1.83 bits per heavy atom. The first kappa shape index (κ1) is 17.7. The van der Waals surface area contributed by atoms with E-state index in [9.17, 15) is 9.59 Å². The molecule has 1 aliphatic rings. The number of halogens is 1. The molecule has 2 N–H and O–H groups in total. The summed E-state index contributed by atoms with van der Waals surface area (Å²) >= 11 is 3.33. The first-order valence-corrected chi connectivity index (χ1v) is 8.93. The molecule has 0 saturated heterocycles. The second-order valence-corrected chi connectivity index (χ2v) is 6.64. The van der Waals surface area contributed by atoms with E-state index in [1.54, 1.807) is 12.1 Å². The van der Waals surface area contributed by atoms with Crippen LogP contribution in [0.15, 0.2) is 40.4 Å². The molecule has 0 saturated carbocycles. The summed E-state index contributed by atoms with van der Waals surface area (Å²) < 4.78 is 0.932. The fraction of sp³-hybridized carbons (Fsp3) is 0.444. The normalized spacial score (nSPS) is 14.0. The summed E-state index contributed by atoms with van der Waals surface area (Å²) in [6.45, 7) is 1.04. The van der Waals surface area contributed by atoms with Gasteiger partial charge in [-0.25, -0.2) is 0 Å². The molecule has 0 radical (unpaired) electrons. The minimum Gasteiger partial charge on any atom is -0.356 e. The molecular formula is C18H23BrN2O2. The van der Waals surface area contributed by atoms with E-state index < -0.39 is 0 Å². The first-order valence-electron chi connectivity index (χ1n) is 8.13. The summed E-state index contributed by atoms with van der Waals surface area (Å²) in [6.07, 6.45) is 8.44. The van der Waals surface area contributed by atoms with Crippen molar-refractivity contribution in [3.8, 4) is 0 Å². The van der Waals surface area contributed by atoms with Crippen molar-refractivity contribution in [2.75, 3.05) is 13.1 Å². The average molecular weight is 379 g/mol. The molecule has 1 aliphatic carbocycles. The zero-order chi connectivity index (χ0) is 16.5. The van der Waals surface area contributed by atoms with Crippen molar-refractivity contribution in [2.24, 2.45) is 0 Å². The Bertz CT molecular complexity index is 567. The Kier molecular flexibility index (Phi) is 7.33. The van der Waals surface area contributed by atoms with Crippen molar-refractivity contribution in [1.29, 1.82) is 0 Å². The summed E-state index contributed by atoms with van der Waals surface area (Å²) in [4.78, 5) is 23.7. The van der Waals surface area contributed by atoms with Gasteiger partial charge in [-0.15, -0.1) is 0 Å². The van der Waals surface area contributed by atoms with Crippen molar-refractivity contribution < 1.29 is 9.59 Å². The van der Waals surface area contributed by atoms with Gasteiger partial charge in [-0.3, -0.25) is 9.59 Å². The lowest BCUT2D eigenvalue weighted by Gasteiger charge is -2.13. The summed E-state index contributed by atoms with van der Waals surface area (Å²) in [6, 6.07) is 7.14. The molecule has 0 atom stereocenters. The maximum absolute atomic E-state index is 11.9. The van der Waals surface area contributed by atoms with Gasteiger partial charge in [0.2, 0.25) is 5.91 Å². The number of rotatable bonds is 7. The van der Waals surface area contributed by atoms with Crippen LogP contribution in [0.5, 0.6) is 0 Å². The highest BCUT2D eigenvalue weighted by Crippen LogP contribution is 2.19. The average Bonchev–Trinajstić information content (AvgIpc) is 2.56. The highest BCUT2D eigenvalue weighted by atomic mass is 79.9. The Morgan fingerprint density at radius 1 is 1.04 bits per heavy atom. The summed E-state index contributed by atoms with van der Waals surface area (Å²) in [5.41, 5.74) is 2.05. The van der Waals surface area contributed by atoms with E-state index in [2.05, 4.69) is 32.6 Å². The van der Waals surface area contributed by atoms with Crippen LogP contribution in [0, 0.1) is 0 Å². The summed E-state index contributed by atoms with van der Waals surface area (Å²) in [7, 11) is 0. The van der Waals surface area contributed by atoms with Gasteiger partial charge in [-0.05, 0) is 56.4 Å². The third-order valence-corrected chi connectivity index (χ3v) is 4.43. The third-order valence-electron chi connectivity index (χ3n) is 3.90. The number of hydrogen-bond acceptors (Lipinski definition) is 2. The van der Waals surface area contributed by atoms with E-state index in [1.807, 2.05) is 12.1 Å². The van der Waals surface area contributed by atoms with Gasteiger partial charge in [0, 0.05) is 29.5 Å². The number of nitrogens with one attached hydrogen (secondary N) is 2. The molecule has 0 fully saturated rings. The van der Waals surface area contributed by atoms with Gasteiger partial charge < -0.3 is 10.6 Å². The van der Waals surface area contributed by atoms with Crippen LogP contribution in [0.1, 0.15) is 48.9 Å². The molecule has 0 aliphatic heterocycles. The van der Waals surface area contributed by atoms with Gasteiger partial charge in [0.25, 0.3) is 5.91 Å². The van der Waals surface area contributed by atoms with Crippen molar-refractivity contribution in [3.05, 3.63) is 46.0 Å². The summed E-state index contributed by atoms with van der Waals surface area (Å²) in [5.74, 6) is -0.171. The maximum atomic E-state index is 11.9. The standard InChI is InChI=1S/C18H23BrN2O2/c19-16-8-6-15(7-9-16)18(23)21-13-11-17(22)20-12-10-14-4-2-1-3-5-14/h4,6-9H,1-3,5,10-13H2,(H,20,22)(H,21,23). The quantitative estimate of drug-likeness (QED) is 0.712. The second kappa shape index (κ2) is 9.50. The Morgan fingerprint density at radius 3 is 2.52 bits per heavy atom. The lowest BCUT2D eigenvalue weighted by Crippen LogP contribution is -2.31. The monoisotopic (exact) mass is 378 g/mol. The summed E-state index contributed by atoms with van der Waals surface area (Å²) in [5, 5.41) is 5.68. The first-order chi connectivity index (χ1) is 11.1. The molecule has 4 nitrogen and oxygen atoms in total. The van der Waals surface area contributed by atoms with Gasteiger partial charge in [0.1, 0.15) is 0 Å². The maximum Gasteiger partial charge on any atom is 0.251 e. The largest absolute Gasteiger partial charge is 0.356 e. The minimum absolute atomic E-state index is 0.0162. The predicted molar refractivity (Wildman–Crippen MR) is 95.3 cm³/mol. The lowest BCUT2D eigenvalue weighted by molar-refractivity contribution is -0.120. The van der Waals surface area contributed by atoms with Crippen LogP contribution < -0.4 is 10.6 Å². The van der Waals surface area contributed by atoms with Gasteiger partial charge in [0.05, 0.1) is 0 Å². The molecule has 0 bridgehead atoms. The van der Waals surface area contributed by atoms with Crippen LogP contribution in [-0.2, 0) is 4.79 Å². The van der Waals surface area contributed by atoms with Crippen molar-refractivity contribution in [1.82, 2.24) is 10.6 Å². The molecule has 0 spiro atoms. The Labute approximate surface area is 145 Å². The highest BCUT2D eigenvalue weighted by Gasteiger charge is 2.07. The fourth-order valence-corrected chi connectivity index (χ4v) is 2.84. The lowest BCUT2D eigenvalue weighted by atomic mass is 9.97. The number of hydrogen-bond donors (Lipinski definition) is 2. The van der Waals surface area contributed by atoms with E-state index in [1.165, 1.54) is 31.3 Å². The third kappa shape index (κ3) is 6.57. The van der Waals surface area contributed by atoms with E-state index in [0.717, 1.165) is 10.9 Å². The Hall–Kier alpha value is -1.62. The number of benzene rings is 1. The SMILES string of the molecule is O=C(CCNC(=O)c1ccc(Br)cc1)NCCC1=CCCCC1. The molecular weight excluding hydrogens is 356 g/mol. The van der Waals surface area contributed by atoms with Crippen LogP contribution >= 0.6 is 15.9 Å². The zero-order valence-corrected chi connectivity index (χ0v) is 14.8. The number of amides is 2. The van der Waals surface area contributed by atoms with Crippen LogP contribution in [0.2, 0.25) is 0 Å². The van der Waals surface area contributed by atoms with Gasteiger partial charge in [-0.1, -0.05) is 27.6 Å². The van der Waals surface area contributed by atoms with E-state index >= 15 is 0 Å². The zero-order valence-electron chi connectivity index (χ0n) is 13.2. The molecule has 1 aromatic rings. The van der Waals surface area contributed by atoms with E-state index in [4.69, 9.17) is 0 Å². The van der Waals surface area contributed by atoms with Crippen LogP contribution in [0.25, 0.3) is 0 Å². The highest BCUT2D eigenvalue weighted by molar-refractivity contribution is 9.10. The molecule has 2 rings (SSSR count). The molecule has 124 valence electrons. The van der Waals surface area contributed by atoms with Crippen LogP contribution in [0.4, 0.5) is 0 Å². The topological polar surface area (TPSA) is 58.2 Å². The number of allylic oxidation sites excluding steroid dienone is 1. The van der Waals surface area contributed by atoms with E-state index in [-0.39, 0.29) is 11.8 Å². The van der Waals surface area contributed by atoms with Gasteiger partial charge >= 0.3 is 0 Å². The van der Waals surface area contributed by atoms with Gasteiger partial charge in [-0.2, -0.15) is 0 Å². The van der Waals surface area contributed by atoms with Crippen LogP contribution in [0.3, 0.4) is 0 Å². The number of carbonyl (C=O) groups is 2. The Balaban J connectivity index is 1.59. The fourth-order valence-electron chi connectivity index (χ4n) is 2.58. The molecule has 1 aromatic carbocycles. The molecule has 2 amide bonds. The van der Waals surface area contributed by atoms with Gasteiger partial charge in [0.15, 0.2) is 0 Å². The van der Waals surface area contributed by atoms with Crippen molar-refractivity contribution in [3.63, 3.8) is 0 Å². The van der Waals surface area contributed by atoms with E-state index in [0.29, 0.717) is 25.1 Å². The minimum atomic E-state index is -0.155. The molecule has 0 heterocycles. The number of carbonyl (C=O) groups excluding carboxylic acids is 2. The van der Waals surface area contributed by atoms with Crippen molar-refractivity contribution >= 4 is 27.7 Å².